The molecule has 0 atom stereocenters. The summed E-state index contributed by atoms with van der Waals surface area (Å²) < 4.78 is 6.47. The highest BCUT2D eigenvalue weighted by molar-refractivity contribution is 14.1. The van der Waals surface area contributed by atoms with Crippen LogP contribution < -0.4 is 5.32 Å². The number of amides is 1. The predicted octanol–water partition coefficient (Wildman–Crippen LogP) is 3.78. The third-order valence-corrected chi connectivity index (χ3v) is 4.94. The minimum atomic E-state index is 0.0457. The fourth-order valence-electron chi connectivity index (χ4n) is 2.25. The van der Waals surface area contributed by atoms with Gasteiger partial charge in [0.1, 0.15) is 0 Å². The third-order valence-electron chi connectivity index (χ3n) is 3.47. The average molecular weight is 414 g/mol. The van der Waals surface area contributed by atoms with Gasteiger partial charge in [-0.05, 0) is 47.6 Å². The molecule has 1 aromatic heterocycles. The highest BCUT2D eigenvalue weighted by Crippen LogP contribution is 2.26. The van der Waals surface area contributed by atoms with Crippen molar-refractivity contribution in [2.75, 3.05) is 18.5 Å². The summed E-state index contributed by atoms with van der Waals surface area (Å²) in [5.41, 5.74) is 1.97. The van der Waals surface area contributed by atoms with Crippen LogP contribution in [0.5, 0.6) is 0 Å². The van der Waals surface area contributed by atoms with Crippen molar-refractivity contribution in [1.82, 2.24) is 4.98 Å². The van der Waals surface area contributed by atoms with Crippen molar-refractivity contribution >= 4 is 45.0 Å². The van der Waals surface area contributed by atoms with Crippen molar-refractivity contribution in [3.63, 3.8) is 0 Å². The summed E-state index contributed by atoms with van der Waals surface area (Å²) in [5, 5.41) is 5.57. The number of thiazole rings is 1. The van der Waals surface area contributed by atoms with Gasteiger partial charge < -0.3 is 10.1 Å². The van der Waals surface area contributed by atoms with Gasteiger partial charge in [-0.2, -0.15) is 0 Å². The quantitative estimate of drug-likeness (QED) is 0.778. The lowest BCUT2D eigenvalue weighted by Crippen LogP contribution is -2.28. The predicted molar refractivity (Wildman–Crippen MR) is 92.4 cm³/mol. The summed E-state index contributed by atoms with van der Waals surface area (Å²) in [7, 11) is 0. The molecular weight excluding hydrogens is 399 g/mol. The Hall–Kier alpha value is -0.990. The minimum Gasteiger partial charge on any atom is -0.381 e. The van der Waals surface area contributed by atoms with E-state index in [1.807, 2.05) is 17.5 Å². The molecule has 0 spiro atoms. The summed E-state index contributed by atoms with van der Waals surface area (Å²) >= 11 is 3.74. The zero-order chi connectivity index (χ0) is 14.7. The zero-order valence-electron chi connectivity index (χ0n) is 11.3. The topological polar surface area (TPSA) is 51.2 Å². The molecular formula is C15H15IN2O2S. The molecule has 110 valence electrons. The number of ether oxygens (including phenoxy) is 1. The van der Waals surface area contributed by atoms with E-state index < -0.39 is 0 Å². The molecule has 0 unspecified atom stereocenters. The second-order valence-corrected chi connectivity index (χ2v) is 7.02. The maximum Gasteiger partial charge on any atom is 0.229 e. The Morgan fingerprint density at radius 2 is 2.00 bits per heavy atom. The zero-order valence-corrected chi connectivity index (χ0v) is 14.3. The van der Waals surface area contributed by atoms with Crippen LogP contribution in [0.1, 0.15) is 12.8 Å². The number of aromatic nitrogens is 1. The maximum absolute atomic E-state index is 12.2. The summed E-state index contributed by atoms with van der Waals surface area (Å²) in [4.78, 5) is 16.7. The van der Waals surface area contributed by atoms with E-state index >= 15 is 0 Å². The van der Waals surface area contributed by atoms with Crippen LogP contribution in [-0.4, -0.2) is 24.1 Å². The van der Waals surface area contributed by atoms with Gasteiger partial charge in [0.2, 0.25) is 5.91 Å². The molecule has 1 aliphatic heterocycles. The Kier molecular flexibility index (Phi) is 4.87. The van der Waals surface area contributed by atoms with E-state index in [4.69, 9.17) is 4.74 Å². The van der Waals surface area contributed by atoms with Crippen LogP contribution in [-0.2, 0) is 9.53 Å². The number of rotatable bonds is 3. The molecule has 1 aliphatic rings. The third kappa shape index (κ3) is 3.81. The van der Waals surface area contributed by atoms with E-state index in [9.17, 15) is 4.79 Å². The molecule has 0 saturated carbocycles. The lowest BCUT2D eigenvalue weighted by atomic mass is 10.00. The Labute approximate surface area is 141 Å². The lowest BCUT2D eigenvalue weighted by Gasteiger charge is -2.20. The SMILES string of the molecule is O=C(Nc1nc(-c2ccc(I)cc2)cs1)C1CCOCC1. The Morgan fingerprint density at radius 3 is 2.71 bits per heavy atom. The molecule has 1 saturated heterocycles. The Bertz CT molecular complexity index is 621. The van der Waals surface area contributed by atoms with Gasteiger partial charge in [0.05, 0.1) is 5.69 Å². The summed E-state index contributed by atoms with van der Waals surface area (Å²) in [6.45, 7) is 1.34. The largest absolute Gasteiger partial charge is 0.381 e. The van der Waals surface area contributed by atoms with E-state index in [1.54, 1.807) is 0 Å². The molecule has 21 heavy (non-hydrogen) atoms. The number of carbonyl (C=O) groups excluding carboxylic acids is 1. The second kappa shape index (κ2) is 6.85. The fourth-order valence-corrected chi connectivity index (χ4v) is 3.33. The molecule has 0 radical (unpaired) electrons. The van der Waals surface area contributed by atoms with Crippen LogP contribution in [0.4, 0.5) is 5.13 Å². The van der Waals surface area contributed by atoms with Crippen LogP contribution in [0, 0.1) is 9.49 Å². The van der Waals surface area contributed by atoms with Gasteiger partial charge in [-0.15, -0.1) is 11.3 Å². The highest BCUT2D eigenvalue weighted by atomic mass is 127. The molecule has 6 heteroatoms. The highest BCUT2D eigenvalue weighted by Gasteiger charge is 2.22. The van der Waals surface area contributed by atoms with Crippen molar-refractivity contribution in [3.8, 4) is 11.3 Å². The summed E-state index contributed by atoms with van der Waals surface area (Å²) in [6, 6.07) is 8.19. The Morgan fingerprint density at radius 1 is 1.29 bits per heavy atom. The van der Waals surface area contributed by atoms with Gasteiger partial charge in [-0.1, -0.05) is 12.1 Å². The van der Waals surface area contributed by atoms with Crippen LogP contribution in [0.3, 0.4) is 0 Å². The van der Waals surface area contributed by atoms with E-state index in [0.717, 1.165) is 24.1 Å². The monoisotopic (exact) mass is 414 g/mol. The van der Waals surface area contributed by atoms with E-state index in [-0.39, 0.29) is 11.8 Å². The number of nitrogens with zero attached hydrogens (tertiary/aromatic N) is 1. The average Bonchev–Trinajstić information content (AvgIpc) is 2.97. The van der Waals surface area contributed by atoms with Crippen molar-refractivity contribution in [3.05, 3.63) is 33.2 Å². The van der Waals surface area contributed by atoms with Crippen molar-refractivity contribution in [2.24, 2.45) is 5.92 Å². The normalized spacial score (nSPS) is 15.9. The lowest BCUT2D eigenvalue weighted by molar-refractivity contribution is -0.122. The number of halogens is 1. The van der Waals surface area contributed by atoms with Gasteiger partial charge in [-0.25, -0.2) is 4.98 Å². The molecule has 3 rings (SSSR count). The molecule has 4 nitrogen and oxygen atoms in total. The number of carbonyl (C=O) groups is 1. The standard InChI is InChI=1S/C15H15IN2O2S/c16-12-3-1-10(2-4-12)13-9-21-15(17-13)18-14(19)11-5-7-20-8-6-11/h1-4,9,11H,5-8H2,(H,17,18,19). The first-order valence-corrected chi connectivity index (χ1v) is 8.78. The number of benzene rings is 1. The molecule has 1 fully saturated rings. The molecule has 2 aromatic rings. The first-order chi connectivity index (χ1) is 10.2. The fraction of sp³-hybridized carbons (Fsp3) is 0.333. The molecule has 0 aliphatic carbocycles. The molecule has 1 aromatic carbocycles. The van der Waals surface area contributed by atoms with Crippen LogP contribution in [0.2, 0.25) is 0 Å². The maximum atomic E-state index is 12.2. The van der Waals surface area contributed by atoms with Gasteiger partial charge in [0, 0.05) is 33.6 Å². The van der Waals surface area contributed by atoms with Gasteiger partial charge in [-0.3, -0.25) is 4.79 Å². The van der Waals surface area contributed by atoms with E-state index in [0.29, 0.717) is 18.3 Å². The number of anilines is 1. The molecule has 1 amide bonds. The summed E-state index contributed by atoms with van der Waals surface area (Å²) in [5.74, 6) is 0.103. The first kappa shape index (κ1) is 14.9. The van der Waals surface area contributed by atoms with Crippen molar-refractivity contribution in [2.45, 2.75) is 12.8 Å². The number of hydrogen-bond acceptors (Lipinski definition) is 4. The number of nitrogens with one attached hydrogen (secondary N) is 1. The smallest absolute Gasteiger partial charge is 0.229 e. The van der Waals surface area contributed by atoms with E-state index in [2.05, 4.69) is 45.0 Å². The van der Waals surface area contributed by atoms with Crippen molar-refractivity contribution < 1.29 is 9.53 Å². The van der Waals surface area contributed by atoms with Gasteiger partial charge in [0.15, 0.2) is 5.13 Å². The van der Waals surface area contributed by atoms with Crippen molar-refractivity contribution in [1.29, 1.82) is 0 Å². The van der Waals surface area contributed by atoms with Gasteiger partial charge in [0.25, 0.3) is 0 Å². The Balaban J connectivity index is 1.67. The molecule has 1 N–H and O–H groups in total. The minimum absolute atomic E-state index is 0.0457. The van der Waals surface area contributed by atoms with Crippen LogP contribution in [0.15, 0.2) is 29.6 Å². The van der Waals surface area contributed by atoms with Crippen LogP contribution >= 0.6 is 33.9 Å². The second-order valence-electron chi connectivity index (χ2n) is 4.92. The number of hydrogen-bond donors (Lipinski definition) is 1. The molecule has 0 bridgehead atoms. The van der Waals surface area contributed by atoms with Crippen LogP contribution in [0.25, 0.3) is 11.3 Å². The van der Waals surface area contributed by atoms with E-state index in [1.165, 1.54) is 14.9 Å². The summed E-state index contributed by atoms with van der Waals surface area (Å²) in [6.07, 6.45) is 1.59. The van der Waals surface area contributed by atoms with Gasteiger partial charge >= 0.3 is 0 Å². The molecule has 2 heterocycles. The first-order valence-electron chi connectivity index (χ1n) is 6.82.